The lowest BCUT2D eigenvalue weighted by Gasteiger charge is -2.34. The molecular formula is C30H33Cl2N3O4. The van der Waals surface area contributed by atoms with Gasteiger partial charge in [0.25, 0.3) is 0 Å². The molecule has 0 atom stereocenters. The molecule has 2 amide bonds. The largest absolute Gasteiger partial charge is 0.462 e. The van der Waals surface area contributed by atoms with Gasteiger partial charge in [-0.1, -0.05) is 59.6 Å². The van der Waals surface area contributed by atoms with Crippen LogP contribution < -0.4 is 5.32 Å². The topological polar surface area (TPSA) is 71.1 Å². The third kappa shape index (κ3) is 8.19. The van der Waals surface area contributed by atoms with E-state index in [4.69, 9.17) is 32.7 Å². The van der Waals surface area contributed by atoms with Crippen molar-refractivity contribution in [2.45, 2.75) is 19.4 Å². The van der Waals surface area contributed by atoms with Crippen molar-refractivity contribution in [3.05, 3.63) is 99.5 Å². The second-order valence-corrected chi connectivity index (χ2v) is 10.1. The summed E-state index contributed by atoms with van der Waals surface area (Å²) in [6, 6.07) is 22.1. The molecule has 1 fully saturated rings. The van der Waals surface area contributed by atoms with Crippen molar-refractivity contribution in [1.82, 2.24) is 9.80 Å². The van der Waals surface area contributed by atoms with Crippen molar-refractivity contribution < 1.29 is 19.1 Å². The van der Waals surface area contributed by atoms with Gasteiger partial charge in [-0.25, -0.2) is 9.59 Å². The summed E-state index contributed by atoms with van der Waals surface area (Å²) in [5.41, 5.74) is 2.87. The third-order valence-electron chi connectivity index (χ3n) is 6.57. The zero-order valence-electron chi connectivity index (χ0n) is 21.9. The van der Waals surface area contributed by atoms with Crippen molar-refractivity contribution >= 4 is 40.9 Å². The summed E-state index contributed by atoms with van der Waals surface area (Å²) in [7, 11) is 0. The summed E-state index contributed by atoms with van der Waals surface area (Å²) in [6.07, 6.45) is 0.647. The number of urea groups is 1. The second kappa shape index (κ2) is 14.3. The van der Waals surface area contributed by atoms with Gasteiger partial charge in [-0.3, -0.25) is 4.90 Å². The quantitative estimate of drug-likeness (QED) is 0.222. The van der Waals surface area contributed by atoms with Crippen LogP contribution in [-0.4, -0.2) is 67.7 Å². The standard InChI is InChI=1S/C30H33Cl2N3O4/c1-2-38-29(36)26-6-3-4-7-27(26)33-30(37)35-19-17-34(18-20-35)16-5-21-39-28(22-8-12-24(31)13-9-22)23-10-14-25(32)15-11-23/h3-4,6-15,28H,2,5,16-21H2,1H3,(H,33,37). The Labute approximate surface area is 239 Å². The fourth-order valence-electron chi connectivity index (χ4n) is 4.50. The molecular weight excluding hydrogens is 537 g/mol. The Morgan fingerprint density at radius 3 is 2.05 bits per heavy atom. The van der Waals surface area contributed by atoms with E-state index in [9.17, 15) is 9.59 Å². The van der Waals surface area contributed by atoms with Crippen LogP contribution >= 0.6 is 23.2 Å². The number of carbonyl (C=O) groups is 2. The maximum Gasteiger partial charge on any atom is 0.340 e. The first-order valence-corrected chi connectivity index (χ1v) is 13.9. The summed E-state index contributed by atoms with van der Waals surface area (Å²) in [4.78, 5) is 29.2. The van der Waals surface area contributed by atoms with Crippen LogP contribution in [0.2, 0.25) is 10.0 Å². The molecule has 9 heteroatoms. The number of halogens is 2. The Morgan fingerprint density at radius 2 is 1.46 bits per heavy atom. The first kappa shape index (κ1) is 28.9. The average Bonchev–Trinajstić information content (AvgIpc) is 2.95. The fraction of sp³-hybridized carbons (Fsp3) is 0.333. The van der Waals surface area contributed by atoms with Crippen LogP contribution in [0.15, 0.2) is 72.8 Å². The van der Waals surface area contributed by atoms with Crippen LogP contribution in [-0.2, 0) is 9.47 Å². The van der Waals surface area contributed by atoms with Crippen LogP contribution in [0.4, 0.5) is 10.5 Å². The Morgan fingerprint density at radius 1 is 0.872 bits per heavy atom. The number of carbonyl (C=O) groups excluding carboxylic acids is 2. The predicted octanol–water partition coefficient (Wildman–Crippen LogP) is 6.52. The number of benzene rings is 3. The lowest BCUT2D eigenvalue weighted by molar-refractivity contribution is 0.0527. The van der Waals surface area contributed by atoms with Crippen molar-refractivity contribution in [2.75, 3.05) is 51.3 Å². The number of hydrogen-bond acceptors (Lipinski definition) is 5. The molecule has 0 saturated carbocycles. The van der Waals surface area contributed by atoms with Gasteiger partial charge in [0, 0.05) is 49.4 Å². The number of nitrogens with zero attached hydrogens (tertiary/aromatic N) is 2. The number of anilines is 1. The maximum absolute atomic E-state index is 12.9. The number of piperazine rings is 1. The van der Waals surface area contributed by atoms with Crippen molar-refractivity contribution in [2.24, 2.45) is 0 Å². The Balaban J connectivity index is 1.24. The highest BCUT2D eigenvalue weighted by Gasteiger charge is 2.23. The van der Waals surface area contributed by atoms with Crippen molar-refractivity contribution in [3.63, 3.8) is 0 Å². The molecule has 1 heterocycles. The maximum atomic E-state index is 12.9. The van der Waals surface area contributed by atoms with Gasteiger partial charge in [0.1, 0.15) is 6.10 Å². The van der Waals surface area contributed by atoms with Gasteiger partial charge in [-0.2, -0.15) is 0 Å². The van der Waals surface area contributed by atoms with Crippen LogP contribution in [0.3, 0.4) is 0 Å². The van der Waals surface area contributed by atoms with Gasteiger partial charge in [0.15, 0.2) is 0 Å². The number of nitrogens with one attached hydrogen (secondary N) is 1. The number of hydrogen-bond donors (Lipinski definition) is 1. The van der Waals surface area contributed by atoms with E-state index in [1.165, 1.54) is 0 Å². The van der Waals surface area contributed by atoms with E-state index in [0.29, 0.717) is 41.0 Å². The summed E-state index contributed by atoms with van der Waals surface area (Å²) < 4.78 is 11.4. The normalized spacial score (nSPS) is 13.9. The predicted molar refractivity (Wildman–Crippen MR) is 155 cm³/mol. The number of esters is 1. The number of rotatable bonds is 10. The molecule has 1 aliphatic heterocycles. The van der Waals surface area contributed by atoms with Gasteiger partial charge >= 0.3 is 12.0 Å². The number of para-hydroxylation sites is 1. The first-order valence-electron chi connectivity index (χ1n) is 13.1. The first-order chi connectivity index (χ1) is 18.9. The van der Waals surface area contributed by atoms with Gasteiger partial charge < -0.3 is 19.7 Å². The SMILES string of the molecule is CCOC(=O)c1ccccc1NC(=O)N1CCN(CCCOC(c2ccc(Cl)cc2)c2ccc(Cl)cc2)CC1. The van der Waals surface area contributed by atoms with Gasteiger partial charge in [0.05, 0.1) is 17.9 Å². The smallest absolute Gasteiger partial charge is 0.340 e. The summed E-state index contributed by atoms with van der Waals surface area (Å²) in [5, 5.41) is 4.24. The zero-order valence-corrected chi connectivity index (χ0v) is 23.5. The number of ether oxygens (including phenoxy) is 2. The Kier molecular flexibility index (Phi) is 10.6. The molecule has 0 aliphatic carbocycles. The van der Waals surface area contributed by atoms with Crippen LogP contribution in [0.25, 0.3) is 0 Å². The highest BCUT2D eigenvalue weighted by molar-refractivity contribution is 6.30. The molecule has 7 nitrogen and oxygen atoms in total. The molecule has 1 saturated heterocycles. The Bertz CT molecular complexity index is 1180. The molecule has 0 bridgehead atoms. The minimum absolute atomic E-state index is 0.211. The molecule has 3 aromatic rings. The highest BCUT2D eigenvalue weighted by atomic mass is 35.5. The summed E-state index contributed by atoms with van der Waals surface area (Å²) in [5.74, 6) is -0.449. The molecule has 39 heavy (non-hydrogen) atoms. The van der Waals surface area contributed by atoms with Gasteiger partial charge in [0.2, 0.25) is 0 Å². The summed E-state index contributed by atoms with van der Waals surface area (Å²) in [6.45, 7) is 6.23. The Hall–Kier alpha value is -3.10. The molecule has 206 valence electrons. The monoisotopic (exact) mass is 569 g/mol. The van der Waals surface area contributed by atoms with Gasteiger partial charge in [-0.05, 0) is 60.9 Å². The van der Waals surface area contributed by atoms with E-state index < -0.39 is 5.97 Å². The molecule has 1 N–H and O–H groups in total. The van der Waals surface area contributed by atoms with Crippen LogP contribution in [0.1, 0.15) is 40.9 Å². The van der Waals surface area contributed by atoms with Crippen molar-refractivity contribution in [1.29, 1.82) is 0 Å². The number of amides is 2. The summed E-state index contributed by atoms with van der Waals surface area (Å²) >= 11 is 12.2. The average molecular weight is 571 g/mol. The molecule has 4 rings (SSSR count). The third-order valence-corrected chi connectivity index (χ3v) is 7.08. The highest BCUT2D eigenvalue weighted by Crippen LogP contribution is 2.28. The van der Waals surface area contributed by atoms with E-state index in [1.54, 1.807) is 36.1 Å². The molecule has 3 aromatic carbocycles. The molecule has 0 unspecified atom stereocenters. The fourth-order valence-corrected chi connectivity index (χ4v) is 4.75. The zero-order chi connectivity index (χ0) is 27.6. The molecule has 0 radical (unpaired) electrons. The van der Waals surface area contributed by atoms with E-state index >= 15 is 0 Å². The second-order valence-electron chi connectivity index (χ2n) is 9.23. The van der Waals surface area contributed by atoms with Gasteiger partial charge in [-0.15, -0.1) is 0 Å². The van der Waals surface area contributed by atoms with Crippen molar-refractivity contribution in [3.8, 4) is 0 Å². The molecule has 0 aromatic heterocycles. The lowest BCUT2D eigenvalue weighted by atomic mass is 10.0. The lowest BCUT2D eigenvalue weighted by Crippen LogP contribution is -2.50. The van der Waals surface area contributed by atoms with E-state index in [2.05, 4.69) is 10.2 Å². The van der Waals surface area contributed by atoms with E-state index in [0.717, 1.165) is 37.2 Å². The molecule has 0 spiro atoms. The minimum Gasteiger partial charge on any atom is -0.462 e. The van der Waals surface area contributed by atoms with E-state index in [1.807, 2.05) is 48.5 Å². The van der Waals surface area contributed by atoms with Crippen LogP contribution in [0, 0.1) is 0 Å². The molecule has 1 aliphatic rings. The van der Waals surface area contributed by atoms with E-state index in [-0.39, 0.29) is 18.7 Å². The van der Waals surface area contributed by atoms with Crippen LogP contribution in [0.5, 0.6) is 0 Å². The minimum atomic E-state index is -0.449.